The van der Waals surface area contributed by atoms with Crippen molar-refractivity contribution in [1.82, 2.24) is 15.3 Å². The Labute approximate surface area is 138 Å². The Morgan fingerprint density at radius 2 is 2.05 bits per heavy atom. The van der Waals surface area contributed by atoms with Gasteiger partial charge in [0.2, 0.25) is 0 Å². The van der Waals surface area contributed by atoms with Gasteiger partial charge in [0.25, 0.3) is 0 Å². The molecule has 0 saturated carbocycles. The number of nitrogens with one attached hydrogen (secondary N) is 2. The van der Waals surface area contributed by atoms with Gasteiger partial charge in [-0.05, 0) is 74.5 Å². The zero-order chi connectivity index (χ0) is 14.3. The summed E-state index contributed by atoms with van der Waals surface area (Å²) in [5, 5.41) is 6.73. The van der Waals surface area contributed by atoms with E-state index in [-0.39, 0.29) is 12.4 Å². The number of hydrogen-bond acceptors (Lipinski definition) is 4. The number of hydrogen-bond donors (Lipinski definition) is 2. The second kappa shape index (κ2) is 8.71. The van der Waals surface area contributed by atoms with Crippen LogP contribution in [-0.2, 0) is 6.42 Å². The van der Waals surface area contributed by atoms with Crippen LogP contribution in [0.2, 0.25) is 0 Å². The largest absolute Gasteiger partial charge is 0.325 e. The molecule has 1 saturated heterocycles. The molecule has 3 heterocycles. The summed E-state index contributed by atoms with van der Waals surface area (Å²) in [6.07, 6.45) is 8.69. The molecule has 0 aliphatic carbocycles. The van der Waals surface area contributed by atoms with Gasteiger partial charge in [-0.3, -0.25) is 0 Å². The molecule has 22 heavy (non-hydrogen) atoms. The van der Waals surface area contributed by atoms with Gasteiger partial charge in [-0.15, -0.1) is 12.4 Å². The number of anilines is 2. The highest BCUT2D eigenvalue weighted by atomic mass is 35.5. The van der Waals surface area contributed by atoms with E-state index >= 15 is 0 Å². The molecule has 2 aromatic heterocycles. The summed E-state index contributed by atoms with van der Waals surface area (Å²) in [5.41, 5.74) is 1.34. The molecule has 118 valence electrons. The molecule has 5 heteroatoms. The molecule has 1 atom stereocenters. The van der Waals surface area contributed by atoms with E-state index in [9.17, 15) is 0 Å². The Kier molecular flexibility index (Phi) is 6.62. The smallest absolute Gasteiger partial charge is 0.131 e. The molecule has 0 spiro atoms. The second-order valence-corrected chi connectivity index (χ2v) is 5.64. The molecule has 1 unspecified atom stereocenters. The molecule has 0 bridgehead atoms. The van der Waals surface area contributed by atoms with E-state index in [0.29, 0.717) is 0 Å². The summed E-state index contributed by atoms with van der Waals surface area (Å²) in [6.45, 7) is 2.36. The Morgan fingerprint density at radius 3 is 2.82 bits per heavy atom. The van der Waals surface area contributed by atoms with Crippen molar-refractivity contribution in [2.75, 3.05) is 18.4 Å². The topological polar surface area (TPSA) is 49.8 Å². The minimum absolute atomic E-state index is 0. The van der Waals surface area contributed by atoms with Gasteiger partial charge in [-0.2, -0.15) is 0 Å². The van der Waals surface area contributed by atoms with Crippen molar-refractivity contribution < 1.29 is 0 Å². The van der Waals surface area contributed by atoms with Gasteiger partial charge in [0.05, 0.1) is 0 Å². The first-order valence-electron chi connectivity index (χ1n) is 7.74. The summed E-state index contributed by atoms with van der Waals surface area (Å²) in [6, 6.07) is 10.1. The molecule has 2 N–H and O–H groups in total. The average molecular weight is 319 g/mol. The third-order valence-electron chi connectivity index (χ3n) is 3.99. The highest BCUT2D eigenvalue weighted by Crippen LogP contribution is 2.19. The lowest BCUT2D eigenvalue weighted by molar-refractivity contribution is 0.358. The Bertz CT molecular complexity index is 556. The van der Waals surface area contributed by atoms with E-state index in [1.807, 2.05) is 24.4 Å². The van der Waals surface area contributed by atoms with Crippen LogP contribution in [0.1, 0.15) is 24.8 Å². The number of rotatable bonds is 5. The lowest BCUT2D eigenvalue weighted by atomic mass is 9.93. The van der Waals surface area contributed by atoms with Crippen LogP contribution in [0.4, 0.5) is 11.6 Å². The van der Waals surface area contributed by atoms with E-state index in [2.05, 4.69) is 32.7 Å². The van der Waals surface area contributed by atoms with Crippen LogP contribution in [0, 0.1) is 5.92 Å². The average Bonchev–Trinajstić information content (AvgIpc) is 2.55. The first-order chi connectivity index (χ1) is 10.4. The van der Waals surface area contributed by atoms with Crippen LogP contribution in [-0.4, -0.2) is 23.1 Å². The molecule has 2 aromatic rings. The number of aromatic nitrogens is 2. The molecule has 4 nitrogen and oxygen atoms in total. The van der Waals surface area contributed by atoms with Gasteiger partial charge in [-0.25, -0.2) is 9.97 Å². The van der Waals surface area contributed by atoms with Crippen LogP contribution in [0.5, 0.6) is 0 Å². The van der Waals surface area contributed by atoms with E-state index < -0.39 is 0 Å². The number of piperidine rings is 1. The Morgan fingerprint density at radius 1 is 1.14 bits per heavy atom. The van der Waals surface area contributed by atoms with Crippen LogP contribution >= 0.6 is 12.4 Å². The van der Waals surface area contributed by atoms with Crippen molar-refractivity contribution >= 4 is 24.0 Å². The predicted octanol–water partition coefficient (Wildman–Crippen LogP) is 3.57. The monoisotopic (exact) mass is 318 g/mol. The third kappa shape index (κ3) is 4.97. The zero-order valence-electron chi connectivity index (χ0n) is 12.7. The molecule has 1 aliphatic rings. The highest BCUT2D eigenvalue weighted by molar-refractivity contribution is 5.85. The van der Waals surface area contributed by atoms with Crippen molar-refractivity contribution in [2.45, 2.75) is 25.7 Å². The van der Waals surface area contributed by atoms with Crippen LogP contribution < -0.4 is 10.6 Å². The Hall–Kier alpha value is -1.65. The van der Waals surface area contributed by atoms with Gasteiger partial charge >= 0.3 is 0 Å². The fourth-order valence-electron chi connectivity index (χ4n) is 2.81. The molecule has 0 aromatic carbocycles. The summed E-state index contributed by atoms with van der Waals surface area (Å²) in [4.78, 5) is 8.63. The SMILES string of the molecule is Cl.c1ccc(Nc2cc(CCC3CCCNC3)ccn2)nc1. The van der Waals surface area contributed by atoms with Crippen molar-refractivity contribution in [3.8, 4) is 0 Å². The first-order valence-corrected chi connectivity index (χ1v) is 7.74. The number of halogens is 1. The van der Waals surface area contributed by atoms with E-state index in [1.165, 1.54) is 37.9 Å². The van der Waals surface area contributed by atoms with Crippen molar-refractivity contribution in [3.05, 3.63) is 48.3 Å². The summed E-state index contributed by atoms with van der Waals surface area (Å²) in [5.74, 6) is 2.52. The normalized spacial score (nSPS) is 17.5. The first kappa shape index (κ1) is 16.7. The predicted molar refractivity (Wildman–Crippen MR) is 92.9 cm³/mol. The maximum Gasteiger partial charge on any atom is 0.131 e. The van der Waals surface area contributed by atoms with Gasteiger partial charge in [0, 0.05) is 12.4 Å². The zero-order valence-corrected chi connectivity index (χ0v) is 13.5. The lowest BCUT2D eigenvalue weighted by Gasteiger charge is -2.22. The quantitative estimate of drug-likeness (QED) is 0.885. The Balaban J connectivity index is 0.00000176. The fraction of sp³-hybridized carbons (Fsp3) is 0.412. The van der Waals surface area contributed by atoms with Gasteiger partial charge in [0.1, 0.15) is 11.6 Å². The van der Waals surface area contributed by atoms with Crippen molar-refractivity contribution in [3.63, 3.8) is 0 Å². The molecular weight excluding hydrogens is 296 g/mol. The summed E-state index contributed by atoms with van der Waals surface area (Å²) >= 11 is 0. The van der Waals surface area contributed by atoms with Crippen molar-refractivity contribution in [2.24, 2.45) is 5.92 Å². The van der Waals surface area contributed by atoms with Gasteiger partial charge in [0.15, 0.2) is 0 Å². The molecule has 3 rings (SSSR count). The standard InChI is InChI=1S/C17H22N4.ClH/c1-2-10-19-16(5-1)21-17-12-14(8-11-20-17)6-7-15-4-3-9-18-13-15;/h1-2,5,8,10-12,15,18H,3-4,6-7,9,13H2,(H,19,20,21);1H. The maximum absolute atomic E-state index is 4.37. The van der Waals surface area contributed by atoms with Crippen LogP contribution in [0.25, 0.3) is 0 Å². The number of aryl methyl sites for hydroxylation is 1. The number of nitrogens with zero attached hydrogens (tertiary/aromatic N) is 2. The summed E-state index contributed by atoms with van der Waals surface area (Å²) in [7, 11) is 0. The fourth-order valence-corrected chi connectivity index (χ4v) is 2.81. The molecule has 0 amide bonds. The summed E-state index contributed by atoms with van der Waals surface area (Å²) < 4.78 is 0. The minimum Gasteiger partial charge on any atom is -0.325 e. The van der Waals surface area contributed by atoms with Crippen molar-refractivity contribution in [1.29, 1.82) is 0 Å². The molecular formula is C17H23ClN4. The maximum atomic E-state index is 4.37. The van der Waals surface area contributed by atoms with E-state index in [4.69, 9.17) is 0 Å². The molecule has 1 fully saturated rings. The molecule has 1 aliphatic heterocycles. The second-order valence-electron chi connectivity index (χ2n) is 5.64. The lowest BCUT2D eigenvalue weighted by Crippen LogP contribution is -2.29. The third-order valence-corrected chi connectivity index (χ3v) is 3.99. The van der Waals surface area contributed by atoms with E-state index in [1.54, 1.807) is 6.20 Å². The highest BCUT2D eigenvalue weighted by Gasteiger charge is 2.12. The van der Waals surface area contributed by atoms with Crippen LogP contribution in [0.15, 0.2) is 42.7 Å². The van der Waals surface area contributed by atoms with Gasteiger partial charge < -0.3 is 10.6 Å². The van der Waals surface area contributed by atoms with E-state index in [0.717, 1.165) is 24.0 Å². The molecule has 0 radical (unpaired) electrons. The number of pyridine rings is 2. The van der Waals surface area contributed by atoms with Crippen LogP contribution in [0.3, 0.4) is 0 Å². The van der Waals surface area contributed by atoms with Gasteiger partial charge in [-0.1, -0.05) is 6.07 Å². The minimum atomic E-state index is 0.